The summed E-state index contributed by atoms with van der Waals surface area (Å²) in [6.45, 7) is 4.56. The molecule has 0 fully saturated rings. The molecule has 2 aromatic carbocycles. The molecule has 174 valence electrons. The van der Waals surface area contributed by atoms with Gasteiger partial charge in [-0.3, -0.25) is 4.79 Å². The summed E-state index contributed by atoms with van der Waals surface area (Å²) in [7, 11) is -0.542. The number of carbonyl (C=O) groups excluding carboxylic acids is 1. The molecule has 0 aliphatic rings. The summed E-state index contributed by atoms with van der Waals surface area (Å²) in [6.07, 6.45) is 0.702. The smallest absolute Gasteiger partial charge is 0.242 e. The van der Waals surface area contributed by atoms with Gasteiger partial charge in [-0.1, -0.05) is 12.1 Å². The summed E-state index contributed by atoms with van der Waals surface area (Å²) in [5, 5.41) is 2.99. The van der Waals surface area contributed by atoms with E-state index < -0.39 is 10.0 Å². The molecule has 4 aromatic rings. The zero-order valence-corrected chi connectivity index (χ0v) is 20.0. The van der Waals surface area contributed by atoms with Crippen molar-refractivity contribution in [3.63, 3.8) is 0 Å². The first kappa shape index (κ1) is 22.9. The second-order valence-electron chi connectivity index (χ2n) is 8.14. The molecule has 10 heteroatoms. The summed E-state index contributed by atoms with van der Waals surface area (Å²) in [4.78, 5) is 25.2. The van der Waals surface area contributed by atoms with E-state index in [0.717, 1.165) is 22.4 Å². The lowest BCUT2D eigenvalue weighted by Crippen LogP contribution is -2.27. The van der Waals surface area contributed by atoms with E-state index in [4.69, 9.17) is 0 Å². The third kappa shape index (κ3) is 4.49. The summed E-state index contributed by atoms with van der Waals surface area (Å²) in [5.41, 5.74) is 3.24. The van der Waals surface area contributed by atoms with Gasteiger partial charge in [-0.05, 0) is 44.2 Å². The summed E-state index contributed by atoms with van der Waals surface area (Å²) in [6, 6.07) is 12.4. The molecule has 0 spiro atoms. The van der Waals surface area contributed by atoms with Crippen LogP contribution in [0.1, 0.15) is 38.0 Å². The minimum absolute atomic E-state index is 0.103. The lowest BCUT2D eigenvalue weighted by atomic mass is 10.2. The van der Waals surface area contributed by atoms with Crippen LogP contribution < -0.4 is 5.32 Å². The van der Waals surface area contributed by atoms with Crippen molar-refractivity contribution < 1.29 is 13.2 Å². The van der Waals surface area contributed by atoms with E-state index in [1.807, 2.05) is 42.7 Å². The molecule has 0 aliphatic heterocycles. The van der Waals surface area contributed by atoms with Crippen LogP contribution in [0.3, 0.4) is 0 Å². The largest absolute Gasteiger partial charge is 0.346 e. The lowest BCUT2D eigenvalue weighted by molar-refractivity contribution is -0.121. The van der Waals surface area contributed by atoms with Gasteiger partial charge in [-0.15, -0.1) is 0 Å². The summed E-state index contributed by atoms with van der Waals surface area (Å²) >= 11 is 0. The van der Waals surface area contributed by atoms with Crippen LogP contribution in [0.4, 0.5) is 0 Å². The molecular formula is C23H28N6O3S. The average Bonchev–Trinajstić information content (AvgIpc) is 3.38. The molecule has 0 unspecified atom stereocenters. The van der Waals surface area contributed by atoms with Gasteiger partial charge in [0, 0.05) is 33.5 Å². The fraction of sp³-hybridized carbons (Fsp3) is 0.348. The third-order valence-corrected chi connectivity index (χ3v) is 7.48. The minimum atomic E-state index is -3.54. The number of benzene rings is 2. The quantitative estimate of drug-likeness (QED) is 0.413. The Bertz CT molecular complexity index is 1390. The van der Waals surface area contributed by atoms with Crippen molar-refractivity contribution in [3.05, 3.63) is 54.1 Å². The van der Waals surface area contributed by atoms with Gasteiger partial charge in [0.15, 0.2) is 0 Å². The number of hydrogen-bond acceptors (Lipinski definition) is 5. The molecule has 2 heterocycles. The zero-order valence-electron chi connectivity index (χ0n) is 19.2. The van der Waals surface area contributed by atoms with Crippen LogP contribution in [0.2, 0.25) is 0 Å². The normalized spacial score (nSPS) is 13.1. The topological polar surface area (TPSA) is 113 Å². The SMILES string of the molecule is CCn1c(CCC(=O)N[C@H](C)c2nc3ccccc3[nH]2)nc2cc(S(=O)(=O)N(C)C)ccc21. The van der Waals surface area contributed by atoms with E-state index in [0.29, 0.717) is 24.3 Å². The Balaban J connectivity index is 1.48. The Morgan fingerprint density at radius 3 is 2.61 bits per heavy atom. The van der Waals surface area contributed by atoms with Gasteiger partial charge in [0.05, 0.1) is 33.0 Å². The number of aromatic nitrogens is 4. The predicted molar refractivity (Wildman–Crippen MR) is 127 cm³/mol. The Morgan fingerprint density at radius 1 is 1.15 bits per heavy atom. The zero-order chi connectivity index (χ0) is 23.8. The van der Waals surface area contributed by atoms with Gasteiger partial charge in [0.2, 0.25) is 15.9 Å². The number of hydrogen-bond donors (Lipinski definition) is 2. The van der Waals surface area contributed by atoms with Crippen LogP contribution in [0.25, 0.3) is 22.1 Å². The summed E-state index contributed by atoms with van der Waals surface area (Å²) in [5.74, 6) is 1.35. The van der Waals surface area contributed by atoms with Crippen molar-refractivity contribution >= 4 is 38.0 Å². The van der Waals surface area contributed by atoms with E-state index in [2.05, 4.69) is 20.3 Å². The van der Waals surface area contributed by atoms with Crippen LogP contribution in [0, 0.1) is 0 Å². The number of sulfonamides is 1. The number of amides is 1. The first-order valence-corrected chi connectivity index (χ1v) is 12.3. The molecule has 0 bridgehead atoms. The maximum absolute atomic E-state index is 12.6. The molecule has 2 aromatic heterocycles. The number of para-hydroxylation sites is 2. The highest BCUT2D eigenvalue weighted by molar-refractivity contribution is 7.89. The maximum atomic E-state index is 12.6. The number of aryl methyl sites for hydroxylation is 2. The summed E-state index contributed by atoms with van der Waals surface area (Å²) < 4.78 is 28.1. The lowest BCUT2D eigenvalue weighted by Gasteiger charge is -2.12. The minimum Gasteiger partial charge on any atom is -0.346 e. The fourth-order valence-corrected chi connectivity index (χ4v) is 4.78. The van der Waals surface area contributed by atoms with E-state index in [9.17, 15) is 13.2 Å². The van der Waals surface area contributed by atoms with Crippen molar-refractivity contribution in [2.45, 2.75) is 44.2 Å². The van der Waals surface area contributed by atoms with Crippen LogP contribution in [-0.4, -0.2) is 52.2 Å². The highest BCUT2D eigenvalue weighted by Gasteiger charge is 2.20. The Kier molecular flexibility index (Phi) is 6.22. The Hall–Kier alpha value is -3.24. The van der Waals surface area contributed by atoms with Gasteiger partial charge in [0.1, 0.15) is 11.6 Å². The highest BCUT2D eigenvalue weighted by Crippen LogP contribution is 2.23. The van der Waals surface area contributed by atoms with E-state index in [1.165, 1.54) is 18.4 Å². The van der Waals surface area contributed by atoms with Gasteiger partial charge in [-0.2, -0.15) is 0 Å². The van der Waals surface area contributed by atoms with E-state index >= 15 is 0 Å². The van der Waals surface area contributed by atoms with Gasteiger partial charge < -0.3 is 14.9 Å². The first-order chi connectivity index (χ1) is 15.7. The standard InChI is InChI=1S/C23H28N6O3S/c1-5-29-20-11-10-16(33(31,32)28(3)4)14-19(20)25-21(29)12-13-22(30)24-15(2)23-26-17-8-6-7-9-18(17)27-23/h6-11,14-15H,5,12-13H2,1-4H3,(H,24,30)(H,26,27)/t15-/m1/s1. The van der Waals surface area contributed by atoms with Crippen molar-refractivity contribution in [2.24, 2.45) is 0 Å². The number of H-pyrrole nitrogens is 1. The molecule has 9 nitrogen and oxygen atoms in total. The highest BCUT2D eigenvalue weighted by atomic mass is 32.2. The van der Waals surface area contributed by atoms with Crippen LogP contribution in [0.5, 0.6) is 0 Å². The monoisotopic (exact) mass is 468 g/mol. The van der Waals surface area contributed by atoms with Crippen LogP contribution in [0.15, 0.2) is 47.4 Å². The first-order valence-electron chi connectivity index (χ1n) is 10.9. The molecule has 33 heavy (non-hydrogen) atoms. The molecule has 0 aliphatic carbocycles. The molecule has 0 saturated carbocycles. The molecule has 0 radical (unpaired) electrons. The van der Waals surface area contributed by atoms with Gasteiger partial charge in [0.25, 0.3) is 0 Å². The number of nitrogens with one attached hydrogen (secondary N) is 2. The fourth-order valence-electron chi connectivity index (χ4n) is 3.86. The molecule has 1 amide bonds. The van der Waals surface area contributed by atoms with Gasteiger partial charge >= 0.3 is 0 Å². The molecule has 1 atom stereocenters. The predicted octanol–water partition coefficient (Wildman–Crippen LogP) is 2.99. The van der Waals surface area contributed by atoms with Crippen molar-refractivity contribution in [1.29, 1.82) is 0 Å². The molecule has 2 N–H and O–H groups in total. The number of rotatable bonds is 8. The second-order valence-corrected chi connectivity index (χ2v) is 10.3. The second kappa shape index (κ2) is 8.95. The van der Waals surface area contributed by atoms with Crippen molar-refractivity contribution in [2.75, 3.05) is 14.1 Å². The number of carbonyl (C=O) groups is 1. The third-order valence-electron chi connectivity index (χ3n) is 5.66. The molecule has 0 saturated heterocycles. The van der Waals surface area contributed by atoms with Crippen LogP contribution >= 0.6 is 0 Å². The number of nitrogens with zero attached hydrogens (tertiary/aromatic N) is 4. The number of fused-ring (bicyclic) bond motifs is 2. The van der Waals surface area contributed by atoms with Crippen LogP contribution in [-0.2, 0) is 27.8 Å². The Labute approximate surface area is 192 Å². The van der Waals surface area contributed by atoms with Crippen molar-refractivity contribution in [1.82, 2.24) is 29.1 Å². The maximum Gasteiger partial charge on any atom is 0.242 e. The van der Waals surface area contributed by atoms with Crippen molar-refractivity contribution in [3.8, 4) is 0 Å². The van der Waals surface area contributed by atoms with E-state index in [-0.39, 0.29) is 23.3 Å². The number of imidazole rings is 2. The van der Waals surface area contributed by atoms with E-state index in [1.54, 1.807) is 18.2 Å². The Morgan fingerprint density at radius 2 is 1.91 bits per heavy atom. The average molecular weight is 469 g/mol. The molecular weight excluding hydrogens is 440 g/mol. The van der Waals surface area contributed by atoms with Gasteiger partial charge in [-0.25, -0.2) is 22.7 Å². The number of aromatic amines is 1. The molecule has 4 rings (SSSR count).